The summed E-state index contributed by atoms with van der Waals surface area (Å²) in [6, 6.07) is 1.71. The molecule has 8 nitrogen and oxygen atoms in total. The van der Waals surface area contributed by atoms with Crippen molar-refractivity contribution in [1.82, 2.24) is 14.7 Å². The molecule has 0 saturated heterocycles. The molecule has 0 aromatic carbocycles. The third-order valence-electron chi connectivity index (χ3n) is 2.02. The minimum Gasteiger partial charge on any atom is -0.369 e. The quantitative estimate of drug-likeness (QED) is 0.387. The summed E-state index contributed by atoms with van der Waals surface area (Å²) >= 11 is 0. The summed E-state index contributed by atoms with van der Waals surface area (Å²) in [6.45, 7) is 4.17. The molecule has 0 aliphatic rings. The predicted octanol–water partition coefficient (Wildman–Crippen LogP) is -0.578. The Morgan fingerprint density at radius 1 is 1.39 bits per heavy atom. The van der Waals surface area contributed by atoms with Crippen LogP contribution in [0.15, 0.2) is 6.07 Å². The molecule has 9 heteroatoms. The van der Waals surface area contributed by atoms with Crippen molar-refractivity contribution in [3.05, 3.63) is 11.8 Å². The minimum absolute atomic E-state index is 0.0186. The Balaban J connectivity index is 2.56. The fourth-order valence-electron chi connectivity index (χ4n) is 1.33. The van der Waals surface area contributed by atoms with Gasteiger partial charge in [-0.3, -0.25) is 5.43 Å². The lowest BCUT2D eigenvalue weighted by Crippen LogP contribution is -2.29. The summed E-state index contributed by atoms with van der Waals surface area (Å²) in [5, 5.41) is 2.91. The average Bonchev–Trinajstić information content (AvgIpc) is 2.27. The fraction of sp³-hybridized carbons (Fsp3) is 0.556. The molecule has 18 heavy (non-hydrogen) atoms. The SMILES string of the molecule is CCNS(=O)(=O)CCNc1cc(C)nc(NN)n1. The van der Waals surface area contributed by atoms with Gasteiger partial charge in [0.15, 0.2) is 0 Å². The van der Waals surface area contributed by atoms with Crippen LogP contribution < -0.4 is 21.3 Å². The first kappa shape index (κ1) is 14.6. The van der Waals surface area contributed by atoms with E-state index < -0.39 is 10.0 Å². The van der Waals surface area contributed by atoms with Crippen molar-refractivity contribution in [2.45, 2.75) is 13.8 Å². The second kappa shape index (κ2) is 6.47. The highest BCUT2D eigenvalue weighted by Gasteiger charge is 2.08. The van der Waals surface area contributed by atoms with E-state index in [1.54, 1.807) is 19.9 Å². The molecule has 0 bridgehead atoms. The monoisotopic (exact) mass is 274 g/mol. The van der Waals surface area contributed by atoms with Crippen LogP contribution in [0.2, 0.25) is 0 Å². The number of nitrogens with zero attached hydrogens (tertiary/aromatic N) is 2. The summed E-state index contributed by atoms with van der Waals surface area (Å²) in [7, 11) is -3.22. The molecule has 5 N–H and O–H groups in total. The summed E-state index contributed by atoms with van der Waals surface area (Å²) < 4.78 is 25.2. The van der Waals surface area contributed by atoms with E-state index in [0.717, 1.165) is 5.69 Å². The van der Waals surface area contributed by atoms with Gasteiger partial charge in [-0.05, 0) is 6.92 Å². The van der Waals surface area contributed by atoms with Gasteiger partial charge in [0.05, 0.1) is 5.75 Å². The smallest absolute Gasteiger partial charge is 0.239 e. The van der Waals surface area contributed by atoms with Crippen molar-refractivity contribution in [3.8, 4) is 0 Å². The number of sulfonamides is 1. The molecule has 0 atom stereocenters. The summed E-state index contributed by atoms with van der Waals surface area (Å²) in [4.78, 5) is 8.06. The van der Waals surface area contributed by atoms with Crippen LogP contribution in [-0.4, -0.2) is 37.2 Å². The number of nitrogens with two attached hydrogens (primary N) is 1. The Morgan fingerprint density at radius 2 is 2.11 bits per heavy atom. The number of aryl methyl sites for hydroxylation is 1. The van der Waals surface area contributed by atoms with Crippen molar-refractivity contribution in [2.75, 3.05) is 29.6 Å². The molecule has 1 aromatic heterocycles. The van der Waals surface area contributed by atoms with Crippen LogP contribution in [0, 0.1) is 6.92 Å². The Labute approximate surface area is 106 Å². The van der Waals surface area contributed by atoms with Gasteiger partial charge in [0.2, 0.25) is 16.0 Å². The van der Waals surface area contributed by atoms with Crippen LogP contribution in [0.3, 0.4) is 0 Å². The zero-order valence-corrected chi connectivity index (χ0v) is 11.2. The Hall–Kier alpha value is -1.45. The Kier molecular flexibility index (Phi) is 5.25. The second-order valence-electron chi connectivity index (χ2n) is 3.61. The van der Waals surface area contributed by atoms with E-state index in [1.165, 1.54) is 0 Å². The van der Waals surface area contributed by atoms with Gasteiger partial charge < -0.3 is 5.32 Å². The van der Waals surface area contributed by atoms with E-state index in [1.807, 2.05) is 0 Å². The molecule has 0 aliphatic heterocycles. The topological polar surface area (TPSA) is 122 Å². The van der Waals surface area contributed by atoms with Gasteiger partial charge in [-0.1, -0.05) is 6.92 Å². The van der Waals surface area contributed by atoms with E-state index in [2.05, 4.69) is 25.4 Å². The number of hydrogen-bond donors (Lipinski definition) is 4. The first-order chi connectivity index (χ1) is 8.46. The summed E-state index contributed by atoms with van der Waals surface area (Å²) in [5.41, 5.74) is 3.07. The Bertz CT molecular complexity index is 490. The molecular weight excluding hydrogens is 256 g/mol. The van der Waals surface area contributed by atoms with Gasteiger partial charge >= 0.3 is 0 Å². The summed E-state index contributed by atoms with van der Waals surface area (Å²) in [6.07, 6.45) is 0. The van der Waals surface area contributed by atoms with Crippen LogP contribution in [0.5, 0.6) is 0 Å². The standard InChI is InChI=1S/C9H18N6O2S/c1-3-12-18(16,17)5-4-11-8-6-7(2)13-9(14-8)15-10/h6,12H,3-5,10H2,1-2H3,(H2,11,13,14,15). The molecule has 0 amide bonds. The normalized spacial score (nSPS) is 11.3. The van der Waals surface area contributed by atoms with Crippen molar-refractivity contribution in [3.63, 3.8) is 0 Å². The molecule has 102 valence electrons. The molecule has 0 saturated carbocycles. The number of nitrogens with one attached hydrogen (secondary N) is 3. The van der Waals surface area contributed by atoms with Crippen LogP contribution in [0.1, 0.15) is 12.6 Å². The second-order valence-corrected chi connectivity index (χ2v) is 5.53. The lowest BCUT2D eigenvalue weighted by molar-refractivity contribution is 0.584. The first-order valence-electron chi connectivity index (χ1n) is 5.50. The lowest BCUT2D eigenvalue weighted by atomic mass is 10.4. The maximum atomic E-state index is 11.4. The van der Waals surface area contributed by atoms with Gasteiger partial charge in [0.1, 0.15) is 5.82 Å². The molecule has 1 heterocycles. The molecular formula is C9H18N6O2S. The molecule has 0 aliphatic carbocycles. The van der Waals surface area contributed by atoms with Crippen molar-refractivity contribution in [1.29, 1.82) is 0 Å². The highest BCUT2D eigenvalue weighted by molar-refractivity contribution is 7.89. The number of aromatic nitrogens is 2. The van der Waals surface area contributed by atoms with Crippen molar-refractivity contribution >= 4 is 21.8 Å². The van der Waals surface area contributed by atoms with Crippen molar-refractivity contribution < 1.29 is 8.42 Å². The lowest BCUT2D eigenvalue weighted by Gasteiger charge is -2.08. The van der Waals surface area contributed by atoms with Gasteiger partial charge in [-0.15, -0.1) is 0 Å². The molecule has 0 spiro atoms. The number of hydrogen-bond acceptors (Lipinski definition) is 7. The Morgan fingerprint density at radius 3 is 2.72 bits per heavy atom. The third-order valence-corrected chi connectivity index (χ3v) is 3.49. The highest BCUT2D eigenvalue weighted by Crippen LogP contribution is 2.08. The number of hydrazine groups is 1. The predicted molar refractivity (Wildman–Crippen MR) is 70.5 cm³/mol. The van der Waals surface area contributed by atoms with E-state index in [9.17, 15) is 8.42 Å². The van der Waals surface area contributed by atoms with Crippen LogP contribution in [0.25, 0.3) is 0 Å². The van der Waals surface area contributed by atoms with Gasteiger partial charge in [-0.25, -0.2) is 24.0 Å². The highest BCUT2D eigenvalue weighted by atomic mass is 32.2. The maximum absolute atomic E-state index is 11.4. The van der Waals surface area contributed by atoms with E-state index in [0.29, 0.717) is 12.4 Å². The van der Waals surface area contributed by atoms with Crippen LogP contribution in [-0.2, 0) is 10.0 Å². The van der Waals surface area contributed by atoms with Crippen LogP contribution >= 0.6 is 0 Å². The number of anilines is 2. The molecule has 1 aromatic rings. The maximum Gasteiger partial charge on any atom is 0.239 e. The van der Waals surface area contributed by atoms with E-state index >= 15 is 0 Å². The average molecular weight is 274 g/mol. The minimum atomic E-state index is -3.22. The number of nitrogen functional groups attached to an aromatic ring is 1. The molecule has 1 rings (SSSR count). The van der Waals surface area contributed by atoms with Crippen molar-refractivity contribution in [2.24, 2.45) is 5.84 Å². The third kappa shape index (κ3) is 4.82. The van der Waals surface area contributed by atoms with E-state index in [4.69, 9.17) is 5.84 Å². The zero-order chi connectivity index (χ0) is 13.6. The van der Waals surface area contributed by atoms with Gasteiger partial charge in [-0.2, -0.15) is 4.98 Å². The molecule has 0 fully saturated rings. The van der Waals surface area contributed by atoms with E-state index in [-0.39, 0.29) is 18.2 Å². The zero-order valence-electron chi connectivity index (χ0n) is 10.4. The van der Waals surface area contributed by atoms with Gasteiger partial charge in [0, 0.05) is 24.8 Å². The number of rotatable bonds is 7. The largest absolute Gasteiger partial charge is 0.369 e. The van der Waals surface area contributed by atoms with Crippen LogP contribution in [0.4, 0.5) is 11.8 Å². The summed E-state index contributed by atoms with van der Waals surface area (Å²) in [5.74, 6) is 6.01. The first-order valence-corrected chi connectivity index (χ1v) is 7.15. The molecule has 0 radical (unpaired) electrons. The van der Waals surface area contributed by atoms with Gasteiger partial charge in [0.25, 0.3) is 0 Å². The molecule has 0 unspecified atom stereocenters. The fourth-order valence-corrected chi connectivity index (χ4v) is 2.28.